The molecule has 0 saturated carbocycles. The minimum atomic E-state index is 0.572. The average molecular weight is 441 g/mol. The molecule has 1 unspecified atom stereocenters. The number of aromatic nitrogens is 4. The Bertz CT molecular complexity index is 1260. The molecule has 2 aromatic carbocycles. The van der Waals surface area contributed by atoms with Crippen LogP contribution in [-0.2, 0) is 6.54 Å². The van der Waals surface area contributed by atoms with E-state index in [4.69, 9.17) is 0 Å². The van der Waals surface area contributed by atoms with Crippen LogP contribution in [0.25, 0.3) is 16.6 Å². The highest BCUT2D eigenvalue weighted by molar-refractivity contribution is 5.83. The van der Waals surface area contributed by atoms with Gasteiger partial charge in [0, 0.05) is 29.7 Å². The van der Waals surface area contributed by atoms with Gasteiger partial charge in [-0.3, -0.25) is 4.57 Å². The summed E-state index contributed by atoms with van der Waals surface area (Å²) in [6, 6.07) is 17.9. The second-order valence-electron chi connectivity index (χ2n) is 9.65. The van der Waals surface area contributed by atoms with Crippen LogP contribution >= 0.6 is 0 Å². The molecule has 6 rings (SSSR count). The first-order valence-corrected chi connectivity index (χ1v) is 12.2. The van der Waals surface area contributed by atoms with E-state index in [2.05, 4.69) is 91.2 Å². The number of aromatic amines is 1. The van der Waals surface area contributed by atoms with Gasteiger partial charge in [0.2, 0.25) is 0 Å². The van der Waals surface area contributed by atoms with E-state index in [1.807, 2.05) is 6.92 Å². The van der Waals surface area contributed by atoms with Crippen LogP contribution in [0, 0.1) is 6.92 Å². The Labute approximate surface area is 195 Å². The number of anilines is 1. The highest BCUT2D eigenvalue weighted by Gasteiger charge is 2.28. The van der Waals surface area contributed by atoms with Gasteiger partial charge in [-0.05, 0) is 75.9 Å². The van der Waals surface area contributed by atoms with Crippen molar-refractivity contribution in [2.45, 2.75) is 51.6 Å². The number of hydrogen-bond acceptors (Lipinski definition) is 4. The number of benzene rings is 2. The van der Waals surface area contributed by atoms with Gasteiger partial charge in [-0.25, -0.2) is 0 Å². The van der Waals surface area contributed by atoms with Crippen LogP contribution in [0.1, 0.15) is 49.3 Å². The van der Waals surface area contributed by atoms with Crippen molar-refractivity contribution in [2.24, 2.45) is 0 Å². The molecule has 2 aliphatic heterocycles. The van der Waals surface area contributed by atoms with Crippen LogP contribution in [0.4, 0.5) is 5.69 Å². The number of H-pyrrole nitrogens is 1. The van der Waals surface area contributed by atoms with Gasteiger partial charge in [0.25, 0.3) is 0 Å². The number of nitrogens with one attached hydrogen (secondary N) is 1. The minimum Gasteiger partial charge on any atom is -0.362 e. The molecule has 0 aliphatic carbocycles. The maximum atomic E-state index is 4.43. The highest BCUT2D eigenvalue weighted by atomic mass is 15.3. The van der Waals surface area contributed by atoms with E-state index in [0.29, 0.717) is 12.0 Å². The smallest absolute Gasteiger partial charge is 0.157 e. The Morgan fingerprint density at radius 2 is 1.76 bits per heavy atom. The van der Waals surface area contributed by atoms with Gasteiger partial charge in [0.15, 0.2) is 5.82 Å². The average Bonchev–Trinajstić information content (AvgIpc) is 3.46. The van der Waals surface area contributed by atoms with Crippen LogP contribution < -0.4 is 4.90 Å². The molecular weight excluding hydrogens is 408 g/mol. The van der Waals surface area contributed by atoms with Crippen molar-refractivity contribution in [3.63, 3.8) is 0 Å². The lowest BCUT2D eigenvalue weighted by molar-refractivity contribution is 0.156. The summed E-state index contributed by atoms with van der Waals surface area (Å²) in [6.45, 7) is 8.64. The largest absolute Gasteiger partial charge is 0.362 e. The molecule has 4 aromatic rings. The molecule has 170 valence electrons. The molecule has 2 aliphatic rings. The van der Waals surface area contributed by atoms with E-state index in [1.165, 1.54) is 53.8 Å². The molecular formula is C27H32N6. The van der Waals surface area contributed by atoms with E-state index in [-0.39, 0.29) is 0 Å². The SMILES string of the molecule is Cc1nnc2n1-c1ccccc1N(CCC(C)N1CCC(c3c[nH]c4ccccc34)CC1)C2. The number of hydrogen-bond donors (Lipinski definition) is 1. The van der Waals surface area contributed by atoms with Crippen LogP contribution in [0.15, 0.2) is 54.7 Å². The molecule has 6 nitrogen and oxygen atoms in total. The molecule has 6 heteroatoms. The number of rotatable bonds is 5. The van der Waals surface area contributed by atoms with Crippen molar-refractivity contribution in [3.05, 3.63) is 71.9 Å². The third kappa shape index (κ3) is 3.62. The van der Waals surface area contributed by atoms with Crippen molar-refractivity contribution < 1.29 is 0 Å². The van der Waals surface area contributed by atoms with E-state index >= 15 is 0 Å². The second kappa shape index (κ2) is 8.34. The lowest BCUT2D eigenvalue weighted by Gasteiger charge is -2.38. The topological polar surface area (TPSA) is 53.0 Å². The maximum absolute atomic E-state index is 4.43. The summed E-state index contributed by atoms with van der Waals surface area (Å²) in [5.74, 6) is 2.66. The first-order valence-electron chi connectivity index (χ1n) is 12.2. The lowest BCUT2D eigenvalue weighted by Crippen LogP contribution is -2.41. The summed E-state index contributed by atoms with van der Waals surface area (Å²) >= 11 is 0. The zero-order valence-electron chi connectivity index (χ0n) is 19.5. The predicted molar refractivity (Wildman–Crippen MR) is 133 cm³/mol. The number of para-hydroxylation sites is 3. The molecule has 0 spiro atoms. The Kier molecular flexibility index (Phi) is 5.18. The summed E-state index contributed by atoms with van der Waals surface area (Å²) in [5, 5.41) is 10.2. The van der Waals surface area contributed by atoms with Crippen LogP contribution in [-0.4, -0.2) is 50.3 Å². The number of piperidine rings is 1. The molecule has 0 amide bonds. The van der Waals surface area contributed by atoms with E-state index < -0.39 is 0 Å². The third-order valence-corrected chi connectivity index (χ3v) is 7.72. The standard InChI is InChI=1S/C27H32N6/c1-19(31-15-12-21(13-16-31)23-17-28-24-8-4-3-7-22(23)24)11-14-32-18-27-30-29-20(2)33(27)26-10-6-5-9-25(26)32/h3-10,17,19,21,28H,11-16,18H2,1-2H3. The molecule has 1 fully saturated rings. The molecule has 0 radical (unpaired) electrons. The van der Waals surface area contributed by atoms with Gasteiger partial charge in [0.1, 0.15) is 5.82 Å². The Balaban J connectivity index is 1.09. The number of fused-ring (bicyclic) bond motifs is 4. The van der Waals surface area contributed by atoms with Crippen LogP contribution in [0.3, 0.4) is 0 Å². The summed E-state index contributed by atoms with van der Waals surface area (Å²) in [7, 11) is 0. The van der Waals surface area contributed by atoms with Crippen LogP contribution in [0.5, 0.6) is 0 Å². The van der Waals surface area contributed by atoms with E-state index in [0.717, 1.165) is 31.2 Å². The van der Waals surface area contributed by atoms with Crippen molar-refractivity contribution in [2.75, 3.05) is 24.5 Å². The van der Waals surface area contributed by atoms with Gasteiger partial charge in [-0.2, -0.15) is 0 Å². The lowest BCUT2D eigenvalue weighted by atomic mass is 9.88. The first kappa shape index (κ1) is 20.5. The van der Waals surface area contributed by atoms with Gasteiger partial charge in [-0.1, -0.05) is 30.3 Å². The Morgan fingerprint density at radius 3 is 2.61 bits per heavy atom. The molecule has 1 N–H and O–H groups in total. The molecule has 33 heavy (non-hydrogen) atoms. The molecule has 2 aromatic heterocycles. The summed E-state index contributed by atoms with van der Waals surface area (Å²) in [5.41, 5.74) is 5.25. The van der Waals surface area contributed by atoms with Crippen molar-refractivity contribution in [1.82, 2.24) is 24.6 Å². The van der Waals surface area contributed by atoms with Crippen molar-refractivity contribution in [3.8, 4) is 5.69 Å². The Morgan fingerprint density at radius 1 is 1.00 bits per heavy atom. The van der Waals surface area contributed by atoms with Crippen LogP contribution in [0.2, 0.25) is 0 Å². The normalized spacial score (nSPS) is 17.8. The highest BCUT2D eigenvalue weighted by Crippen LogP contribution is 2.35. The quantitative estimate of drug-likeness (QED) is 0.473. The third-order valence-electron chi connectivity index (χ3n) is 7.72. The number of aryl methyl sites for hydroxylation is 1. The fourth-order valence-electron chi connectivity index (χ4n) is 5.81. The monoisotopic (exact) mass is 440 g/mol. The van der Waals surface area contributed by atoms with Crippen molar-refractivity contribution in [1.29, 1.82) is 0 Å². The Hall–Kier alpha value is -3.12. The molecule has 1 saturated heterocycles. The molecule has 1 atom stereocenters. The summed E-state index contributed by atoms with van der Waals surface area (Å²) < 4.78 is 2.20. The molecule has 0 bridgehead atoms. The van der Waals surface area contributed by atoms with Gasteiger partial charge >= 0.3 is 0 Å². The first-order chi connectivity index (χ1) is 16.2. The zero-order valence-corrected chi connectivity index (χ0v) is 19.5. The number of likely N-dealkylation sites (tertiary alicyclic amines) is 1. The zero-order chi connectivity index (χ0) is 22.4. The second-order valence-corrected chi connectivity index (χ2v) is 9.65. The predicted octanol–water partition coefficient (Wildman–Crippen LogP) is 5.04. The van der Waals surface area contributed by atoms with E-state index in [9.17, 15) is 0 Å². The molecule has 4 heterocycles. The van der Waals surface area contributed by atoms with Gasteiger partial charge < -0.3 is 14.8 Å². The minimum absolute atomic E-state index is 0.572. The van der Waals surface area contributed by atoms with Gasteiger partial charge in [-0.15, -0.1) is 10.2 Å². The van der Waals surface area contributed by atoms with Gasteiger partial charge in [0.05, 0.1) is 17.9 Å². The van der Waals surface area contributed by atoms with E-state index in [1.54, 1.807) is 0 Å². The fraction of sp³-hybridized carbons (Fsp3) is 0.407. The maximum Gasteiger partial charge on any atom is 0.157 e. The summed E-state index contributed by atoms with van der Waals surface area (Å²) in [6.07, 6.45) is 5.87. The number of nitrogens with zero attached hydrogens (tertiary/aromatic N) is 5. The fourth-order valence-corrected chi connectivity index (χ4v) is 5.81. The summed E-state index contributed by atoms with van der Waals surface area (Å²) in [4.78, 5) is 8.63. The van der Waals surface area contributed by atoms with Crippen molar-refractivity contribution >= 4 is 16.6 Å².